The van der Waals surface area contributed by atoms with Crippen LogP contribution in [0.3, 0.4) is 0 Å². The van der Waals surface area contributed by atoms with E-state index in [1.807, 2.05) is 6.07 Å². The lowest BCUT2D eigenvalue weighted by Gasteiger charge is -2.20. The van der Waals surface area contributed by atoms with Gasteiger partial charge < -0.3 is 24.4 Å². The summed E-state index contributed by atoms with van der Waals surface area (Å²) in [5, 5.41) is 3.39. The molecular formula is C31H41FN4O3. The number of rotatable bonds is 5. The second kappa shape index (κ2) is 12.0. The molecule has 3 aliphatic carbocycles. The van der Waals surface area contributed by atoms with Gasteiger partial charge in [0.2, 0.25) is 5.95 Å². The Morgan fingerprint density at radius 2 is 2.03 bits per heavy atom. The van der Waals surface area contributed by atoms with Crippen LogP contribution in [0.25, 0.3) is 0 Å². The zero-order chi connectivity index (χ0) is 26.5. The van der Waals surface area contributed by atoms with Gasteiger partial charge in [-0.1, -0.05) is 6.08 Å². The van der Waals surface area contributed by atoms with Crippen LogP contribution in [0.4, 0.5) is 10.3 Å². The molecule has 210 valence electrons. The van der Waals surface area contributed by atoms with Crippen LogP contribution in [-0.2, 0) is 19.6 Å². The van der Waals surface area contributed by atoms with Crippen molar-refractivity contribution in [2.75, 3.05) is 51.4 Å². The number of aromatic nitrogens is 2. The maximum absolute atomic E-state index is 14.7. The molecule has 1 aromatic heterocycles. The number of nitrogens with zero attached hydrogens (tertiary/aromatic N) is 3. The van der Waals surface area contributed by atoms with Gasteiger partial charge in [0.1, 0.15) is 17.3 Å². The van der Waals surface area contributed by atoms with Crippen molar-refractivity contribution in [1.82, 2.24) is 14.9 Å². The van der Waals surface area contributed by atoms with E-state index in [0.29, 0.717) is 32.4 Å². The highest BCUT2D eigenvalue weighted by atomic mass is 19.1. The Hall–Kier alpha value is -2.97. The molecule has 3 heterocycles. The minimum absolute atomic E-state index is 0. The fourth-order valence-electron chi connectivity index (χ4n) is 6.05. The number of allylic oxidation sites excluding steroid dienone is 7. The molecule has 2 aliphatic heterocycles. The summed E-state index contributed by atoms with van der Waals surface area (Å²) in [4.78, 5) is 11.8. The second-order valence-corrected chi connectivity index (χ2v) is 11.1. The molecule has 39 heavy (non-hydrogen) atoms. The number of ether oxygens (including phenoxy) is 3. The molecule has 1 N–H and O–H groups in total. The van der Waals surface area contributed by atoms with E-state index in [1.165, 1.54) is 25.9 Å². The van der Waals surface area contributed by atoms with E-state index >= 15 is 0 Å². The Labute approximate surface area is 232 Å². The summed E-state index contributed by atoms with van der Waals surface area (Å²) in [5.74, 6) is 1.99. The number of fused-ring (bicyclic) bond motifs is 3. The maximum Gasteiger partial charge on any atom is 0.227 e. The standard InChI is InChI=1S/C31H39FN4O3.H2/c32-24-19-28-26-21-31(26,20-24)29-10-11-33-30(35-29)34-25-8-6-9-27(38-17-7-14-36-12-2-3-13-36)23(18-25)22-37-15-4-1-5-16-39-28;/h8-11,18-20,26H,1-7,12-17,21-22H2,(H,33,34,35);1H. The third-order valence-corrected chi connectivity index (χ3v) is 8.23. The number of anilines is 1. The van der Waals surface area contributed by atoms with Crippen LogP contribution >= 0.6 is 0 Å². The average molecular weight is 537 g/mol. The molecule has 0 spiro atoms. The van der Waals surface area contributed by atoms with Crippen LogP contribution < -0.4 is 5.32 Å². The first-order chi connectivity index (χ1) is 19.2. The van der Waals surface area contributed by atoms with Crippen molar-refractivity contribution in [3.05, 3.63) is 77.0 Å². The Morgan fingerprint density at radius 3 is 2.95 bits per heavy atom. The van der Waals surface area contributed by atoms with Crippen molar-refractivity contribution in [2.24, 2.45) is 5.92 Å². The van der Waals surface area contributed by atoms with Crippen LogP contribution in [-0.4, -0.2) is 60.9 Å². The first-order valence-electron chi connectivity index (χ1n) is 14.6. The van der Waals surface area contributed by atoms with Crippen molar-refractivity contribution in [3.63, 3.8) is 0 Å². The molecule has 0 aromatic carbocycles. The van der Waals surface area contributed by atoms with Gasteiger partial charge in [0.25, 0.3) is 0 Å². The Morgan fingerprint density at radius 1 is 1.13 bits per heavy atom. The first kappa shape index (κ1) is 26.3. The van der Waals surface area contributed by atoms with Gasteiger partial charge in [0, 0.05) is 49.5 Å². The lowest BCUT2D eigenvalue weighted by Crippen LogP contribution is -2.21. The highest BCUT2D eigenvalue weighted by molar-refractivity contribution is 5.50. The van der Waals surface area contributed by atoms with Crippen LogP contribution in [0.2, 0.25) is 0 Å². The van der Waals surface area contributed by atoms with E-state index in [4.69, 9.17) is 19.2 Å². The van der Waals surface area contributed by atoms with Crippen LogP contribution in [0.5, 0.6) is 0 Å². The number of nitrogens with one attached hydrogen (secondary N) is 1. The lowest BCUT2D eigenvalue weighted by molar-refractivity contribution is 0.134. The van der Waals surface area contributed by atoms with Crippen molar-refractivity contribution >= 4 is 5.95 Å². The molecule has 1 saturated carbocycles. The van der Waals surface area contributed by atoms with Gasteiger partial charge in [0.05, 0.1) is 25.5 Å². The molecule has 2 atom stereocenters. The fraction of sp³-hybridized carbons (Fsp3) is 0.548. The van der Waals surface area contributed by atoms with Gasteiger partial charge in [-0.25, -0.2) is 14.4 Å². The third kappa shape index (κ3) is 6.28. The molecular weight excluding hydrogens is 495 g/mol. The van der Waals surface area contributed by atoms with E-state index in [0.717, 1.165) is 73.6 Å². The molecule has 5 aliphatic rings. The second-order valence-electron chi connectivity index (χ2n) is 11.1. The summed E-state index contributed by atoms with van der Waals surface area (Å²) in [5.41, 5.74) is 2.28. The van der Waals surface area contributed by atoms with Crippen LogP contribution in [0, 0.1) is 5.92 Å². The first-order valence-corrected chi connectivity index (χ1v) is 14.6. The van der Waals surface area contributed by atoms with Gasteiger partial charge in [-0.15, -0.1) is 0 Å². The maximum atomic E-state index is 14.7. The summed E-state index contributed by atoms with van der Waals surface area (Å²) in [7, 11) is 0. The van der Waals surface area contributed by atoms with E-state index in [2.05, 4.69) is 33.4 Å². The molecule has 6 bridgehead atoms. The van der Waals surface area contributed by atoms with Crippen molar-refractivity contribution in [3.8, 4) is 0 Å². The monoisotopic (exact) mass is 536 g/mol. The lowest BCUT2D eigenvalue weighted by atomic mass is 9.93. The molecule has 6 rings (SSSR count). The number of likely N-dealkylation sites (tertiary alicyclic amines) is 1. The number of hydrogen-bond acceptors (Lipinski definition) is 7. The Kier molecular flexibility index (Phi) is 8.11. The molecule has 0 radical (unpaired) electrons. The summed E-state index contributed by atoms with van der Waals surface area (Å²) in [6.45, 7) is 5.93. The summed E-state index contributed by atoms with van der Waals surface area (Å²) in [6.07, 6.45) is 19.3. The smallest absolute Gasteiger partial charge is 0.227 e. The molecule has 0 amide bonds. The molecule has 7 nitrogen and oxygen atoms in total. The van der Waals surface area contributed by atoms with Crippen LogP contribution in [0.15, 0.2) is 71.3 Å². The van der Waals surface area contributed by atoms with E-state index in [-0.39, 0.29) is 13.2 Å². The van der Waals surface area contributed by atoms with Gasteiger partial charge in [-0.2, -0.15) is 0 Å². The van der Waals surface area contributed by atoms with E-state index < -0.39 is 5.41 Å². The van der Waals surface area contributed by atoms with E-state index in [1.54, 1.807) is 18.3 Å². The third-order valence-electron chi connectivity index (χ3n) is 8.23. The van der Waals surface area contributed by atoms with E-state index in [9.17, 15) is 4.39 Å². The molecule has 2 fully saturated rings. The fourth-order valence-corrected chi connectivity index (χ4v) is 6.05. The normalized spacial score (nSPS) is 27.5. The van der Waals surface area contributed by atoms with Gasteiger partial charge in [-0.05, 0) is 88.8 Å². The van der Waals surface area contributed by atoms with Crippen molar-refractivity contribution < 1.29 is 20.0 Å². The Bertz CT molecular complexity index is 1210. The summed E-state index contributed by atoms with van der Waals surface area (Å²) in [6, 6.07) is 1.89. The minimum Gasteiger partial charge on any atom is -0.497 e. The van der Waals surface area contributed by atoms with Crippen molar-refractivity contribution in [2.45, 2.75) is 56.8 Å². The summed E-state index contributed by atoms with van der Waals surface area (Å²) < 4.78 is 33.1. The van der Waals surface area contributed by atoms with Gasteiger partial charge >= 0.3 is 0 Å². The number of halogens is 1. The SMILES string of the molecule is FC1=CC23CC2C(=C1)OCCCCCOCC1=CC(=CCC=C1OCCCN1CCCC1)Nc1nccc3n1.[HH]. The largest absolute Gasteiger partial charge is 0.497 e. The predicted octanol–water partition coefficient (Wildman–Crippen LogP) is 5.96. The Balaban J connectivity index is 0.00000323. The topological polar surface area (TPSA) is 68.7 Å². The van der Waals surface area contributed by atoms with Crippen molar-refractivity contribution in [1.29, 1.82) is 0 Å². The average Bonchev–Trinajstić information content (AvgIpc) is 3.51. The molecule has 1 saturated heterocycles. The van der Waals surface area contributed by atoms with Crippen LogP contribution in [0.1, 0.15) is 58.5 Å². The number of hydrogen-bond donors (Lipinski definition) is 1. The minimum atomic E-state index is -0.455. The quantitative estimate of drug-likeness (QED) is 0.466. The molecule has 1 aromatic rings. The molecule has 8 heteroatoms. The highest BCUT2D eigenvalue weighted by Crippen LogP contribution is 2.61. The summed E-state index contributed by atoms with van der Waals surface area (Å²) >= 11 is 0. The van der Waals surface area contributed by atoms with Gasteiger partial charge in [-0.3, -0.25) is 0 Å². The zero-order valence-electron chi connectivity index (χ0n) is 22.7. The van der Waals surface area contributed by atoms with Gasteiger partial charge in [0.15, 0.2) is 0 Å². The predicted molar refractivity (Wildman–Crippen MR) is 151 cm³/mol. The molecule has 2 unspecified atom stereocenters. The zero-order valence-corrected chi connectivity index (χ0v) is 22.7. The highest BCUT2D eigenvalue weighted by Gasteiger charge is 2.59.